The maximum Gasteiger partial charge on any atom is 0.253 e. The van der Waals surface area contributed by atoms with Crippen LogP contribution in [0.5, 0.6) is 0 Å². The Bertz CT molecular complexity index is 713. The second kappa shape index (κ2) is 5.49. The molecule has 23 heavy (non-hydrogen) atoms. The number of benzene rings is 1. The van der Waals surface area contributed by atoms with E-state index in [0.29, 0.717) is 0 Å². The zero-order chi connectivity index (χ0) is 15.9. The van der Waals surface area contributed by atoms with E-state index in [1.165, 1.54) is 12.8 Å². The van der Waals surface area contributed by atoms with Gasteiger partial charge in [-0.15, -0.1) is 0 Å². The summed E-state index contributed by atoms with van der Waals surface area (Å²) in [6.45, 7) is 2.79. The van der Waals surface area contributed by atoms with Gasteiger partial charge >= 0.3 is 0 Å². The van der Waals surface area contributed by atoms with Crippen LogP contribution in [-0.2, 0) is 7.05 Å². The molecular formula is C18H22N4O. The minimum Gasteiger partial charge on any atom is -0.337 e. The number of carbonyl (C=O) groups excluding carboxylic acids is 1. The Hall–Kier alpha value is -2.14. The fraction of sp³-hybridized carbons (Fsp3) is 0.444. The fourth-order valence-electron chi connectivity index (χ4n) is 3.82. The Morgan fingerprint density at radius 3 is 2.70 bits per heavy atom. The zero-order valence-corrected chi connectivity index (χ0v) is 13.5. The standard InChI is InChI=1S/C18H22N4O/c1-21-12-16(11-20-21)14-3-5-15(6-4-14)17(23)22-10-8-18(13-22)7-2-9-19-18/h3-6,11-12,19H,2,7-10,13H2,1H3. The molecule has 2 aliphatic heterocycles. The molecule has 0 saturated carbocycles. The molecule has 5 heteroatoms. The summed E-state index contributed by atoms with van der Waals surface area (Å²) in [4.78, 5) is 14.7. The van der Waals surface area contributed by atoms with Crippen LogP contribution >= 0.6 is 0 Å². The summed E-state index contributed by atoms with van der Waals surface area (Å²) in [7, 11) is 1.90. The quantitative estimate of drug-likeness (QED) is 0.923. The predicted molar refractivity (Wildman–Crippen MR) is 89.1 cm³/mol. The van der Waals surface area contributed by atoms with Gasteiger partial charge in [0.2, 0.25) is 0 Å². The lowest BCUT2D eigenvalue weighted by Gasteiger charge is -2.24. The van der Waals surface area contributed by atoms with E-state index in [0.717, 1.165) is 42.7 Å². The first-order chi connectivity index (χ1) is 11.2. The minimum atomic E-state index is 0.147. The van der Waals surface area contributed by atoms with Gasteiger partial charge in [-0.1, -0.05) is 12.1 Å². The molecule has 0 radical (unpaired) electrons. The molecule has 1 unspecified atom stereocenters. The van der Waals surface area contributed by atoms with Crippen molar-refractivity contribution in [2.75, 3.05) is 19.6 Å². The van der Waals surface area contributed by atoms with Crippen LogP contribution in [0, 0.1) is 0 Å². The topological polar surface area (TPSA) is 50.2 Å². The molecule has 4 rings (SSSR count). The van der Waals surface area contributed by atoms with E-state index in [2.05, 4.69) is 10.4 Å². The highest BCUT2D eigenvalue weighted by molar-refractivity contribution is 5.95. The Morgan fingerprint density at radius 1 is 1.22 bits per heavy atom. The van der Waals surface area contributed by atoms with E-state index in [1.807, 2.05) is 48.6 Å². The van der Waals surface area contributed by atoms with E-state index in [9.17, 15) is 4.79 Å². The van der Waals surface area contributed by atoms with E-state index in [4.69, 9.17) is 0 Å². The molecule has 1 spiro atoms. The highest BCUT2D eigenvalue weighted by atomic mass is 16.2. The normalized spacial score (nSPS) is 23.8. The maximum absolute atomic E-state index is 12.7. The third-order valence-corrected chi connectivity index (χ3v) is 5.14. The third kappa shape index (κ3) is 2.65. The summed E-state index contributed by atoms with van der Waals surface area (Å²) in [5.41, 5.74) is 3.12. The molecule has 0 aliphatic carbocycles. The van der Waals surface area contributed by atoms with Gasteiger partial charge in [-0.3, -0.25) is 9.48 Å². The first-order valence-corrected chi connectivity index (χ1v) is 8.29. The van der Waals surface area contributed by atoms with Crippen molar-refractivity contribution in [2.24, 2.45) is 7.05 Å². The van der Waals surface area contributed by atoms with Gasteiger partial charge in [0.1, 0.15) is 0 Å². The summed E-state index contributed by atoms with van der Waals surface area (Å²) in [5, 5.41) is 7.79. The van der Waals surface area contributed by atoms with Crippen LogP contribution in [-0.4, -0.2) is 45.8 Å². The molecular weight excluding hydrogens is 288 g/mol. The van der Waals surface area contributed by atoms with Gasteiger partial charge in [0, 0.05) is 43.0 Å². The average molecular weight is 310 g/mol. The van der Waals surface area contributed by atoms with Crippen LogP contribution in [0.15, 0.2) is 36.7 Å². The SMILES string of the molecule is Cn1cc(-c2ccc(C(=O)N3CCC4(CCCN4)C3)cc2)cn1. The van der Waals surface area contributed by atoms with Crippen LogP contribution in [0.25, 0.3) is 11.1 Å². The smallest absolute Gasteiger partial charge is 0.253 e. The Kier molecular flexibility index (Phi) is 3.45. The van der Waals surface area contributed by atoms with Crippen LogP contribution in [0.3, 0.4) is 0 Å². The lowest BCUT2D eigenvalue weighted by molar-refractivity contribution is 0.0782. The number of carbonyl (C=O) groups is 1. The number of hydrogen-bond donors (Lipinski definition) is 1. The second-order valence-corrected chi connectivity index (χ2v) is 6.77. The summed E-state index contributed by atoms with van der Waals surface area (Å²) >= 11 is 0. The summed E-state index contributed by atoms with van der Waals surface area (Å²) in [6, 6.07) is 7.86. The first kappa shape index (κ1) is 14.5. The van der Waals surface area contributed by atoms with Crippen molar-refractivity contribution in [2.45, 2.75) is 24.8 Å². The van der Waals surface area contributed by atoms with Gasteiger partial charge in [0.25, 0.3) is 5.91 Å². The molecule has 2 fully saturated rings. The van der Waals surface area contributed by atoms with Gasteiger partial charge in [0.05, 0.1) is 6.20 Å². The van der Waals surface area contributed by atoms with Crippen molar-refractivity contribution < 1.29 is 4.79 Å². The second-order valence-electron chi connectivity index (χ2n) is 6.77. The summed E-state index contributed by atoms with van der Waals surface area (Å²) in [5.74, 6) is 0.147. The number of rotatable bonds is 2. The molecule has 3 heterocycles. The molecule has 2 aromatic rings. The summed E-state index contributed by atoms with van der Waals surface area (Å²) in [6.07, 6.45) is 7.31. The van der Waals surface area contributed by atoms with E-state index in [-0.39, 0.29) is 11.4 Å². The van der Waals surface area contributed by atoms with E-state index < -0.39 is 0 Å². The van der Waals surface area contributed by atoms with Gasteiger partial charge in [-0.05, 0) is 43.5 Å². The van der Waals surface area contributed by atoms with Crippen molar-refractivity contribution in [3.63, 3.8) is 0 Å². The zero-order valence-electron chi connectivity index (χ0n) is 13.5. The molecule has 0 bridgehead atoms. The highest BCUT2D eigenvalue weighted by Crippen LogP contribution is 2.31. The third-order valence-electron chi connectivity index (χ3n) is 5.14. The van der Waals surface area contributed by atoms with Crippen molar-refractivity contribution in [3.05, 3.63) is 42.2 Å². The Labute approximate surface area is 136 Å². The van der Waals surface area contributed by atoms with Crippen molar-refractivity contribution in [1.82, 2.24) is 20.0 Å². The van der Waals surface area contributed by atoms with Crippen LogP contribution < -0.4 is 5.32 Å². The van der Waals surface area contributed by atoms with E-state index in [1.54, 1.807) is 4.68 Å². The monoisotopic (exact) mass is 310 g/mol. The number of aryl methyl sites for hydroxylation is 1. The Morgan fingerprint density at radius 2 is 2.04 bits per heavy atom. The maximum atomic E-state index is 12.7. The number of amides is 1. The molecule has 1 atom stereocenters. The highest BCUT2D eigenvalue weighted by Gasteiger charge is 2.41. The van der Waals surface area contributed by atoms with Crippen molar-refractivity contribution >= 4 is 5.91 Å². The largest absolute Gasteiger partial charge is 0.337 e. The molecule has 2 aliphatic rings. The average Bonchev–Trinajstić information content (AvgIpc) is 3.30. The number of nitrogens with zero attached hydrogens (tertiary/aromatic N) is 3. The van der Waals surface area contributed by atoms with Crippen LogP contribution in [0.4, 0.5) is 0 Å². The fourth-order valence-corrected chi connectivity index (χ4v) is 3.82. The number of aromatic nitrogens is 2. The predicted octanol–water partition coefficient (Wildman–Crippen LogP) is 2.06. The van der Waals surface area contributed by atoms with Crippen LogP contribution in [0.1, 0.15) is 29.6 Å². The number of likely N-dealkylation sites (tertiary alicyclic amines) is 1. The lowest BCUT2D eigenvalue weighted by atomic mass is 9.97. The summed E-state index contributed by atoms with van der Waals surface area (Å²) < 4.78 is 1.78. The molecule has 1 N–H and O–H groups in total. The molecule has 120 valence electrons. The van der Waals surface area contributed by atoms with Gasteiger partial charge < -0.3 is 10.2 Å². The minimum absolute atomic E-state index is 0.147. The molecule has 2 saturated heterocycles. The van der Waals surface area contributed by atoms with Gasteiger partial charge in [-0.25, -0.2) is 0 Å². The molecule has 1 aromatic heterocycles. The van der Waals surface area contributed by atoms with Crippen molar-refractivity contribution in [1.29, 1.82) is 0 Å². The Balaban J connectivity index is 1.49. The molecule has 1 amide bonds. The first-order valence-electron chi connectivity index (χ1n) is 8.29. The van der Waals surface area contributed by atoms with E-state index >= 15 is 0 Å². The number of hydrogen-bond acceptors (Lipinski definition) is 3. The lowest BCUT2D eigenvalue weighted by Crippen LogP contribution is -2.43. The van der Waals surface area contributed by atoms with Gasteiger partial charge in [0.15, 0.2) is 0 Å². The molecule has 5 nitrogen and oxygen atoms in total. The molecule has 1 aromatic carbocycles. The van der Waals surface area contributed by atoms with Crippen LogP contribution in [0.2, 0.25) is 0 Å². The van der Waals surface area contributed by atoms with Gasteiger partial charge in [-0.2, -0.15) is 5.10 Å². The number of nitrogens with one attached hydrogen (secondary N) is 1. The van der Waals surface area contributed by atoms with Crippen molar-refractivity contribution in [3.8, 4) is 11.1 Å².